The van der Waals surface area contributed by atoms with Gasteiger partial charge in [0.1, 0.15) is 0 Å². The molecule has 0 unspecified atom stereocenters. The Bertz CT molecular complexity index is 1450. The van der Waals surface area contributed by atoms with Gasteiger partial charge in [0.15, 0.2) is 5.78 Å². The molecule has 0 saturated carbocycles. The lowest BCUT2D eigenvalue weighted by molar-refractivity contribution is 0.104. The fraction of sp³-hybridized carbons (Fsp3) is 0.233. The van der Waals surface area contributed by atoms with Gasteiger partial charge in [0.05, 0.1) is 17.0 Å². The molecule has 0 bridgehead atoms. The SMILES string of the molecule is CCN1CCN(c2ccc(-c3cccc4c3-c3nc(N)nc(-c5ccc(C)cc5)c3C4=O)cc2)CC1. The molecule has 2 heterocycles. The van der Waals surface area contributed by atoms with Crippen LogP contribution in [0, 0.1) is 6.92 Å². The van der Waals surface area contributed by atoms with Crippen molar-refractivity contribution < 1.29 is 4.79 Å². The van der Waals surface area contributed by atoms with Gasteiger partial charge in [0.25, 0.3) is 0 Å². The van der Waals surface area contributed by atoms with E-state index >= 15 is 0 Å². The summed E-state index contributed by atoms with van der Waals surface area (Å²) in [4.78, 5) is 27.6. The maximum absolute atomic E-state index is 13.6. The van der Waals surface area contributed by atoms with Crippen molar-refractivity contribution >= 4 is 17.4 Å². The van der Waals surface area contributed by atoms with Crippen LogP contribution in [0.2, 0.25) is 0 Å². The van der Waals surface area contributed by atoms with Gasteiger partial charge < -0.3 is 15.5 Å². The molecule has 6 heteroatoms. The average molecular weight is 476 g/mol. The minimum atomic E-state index is -0.0529. The van der Waals surface area contributed by atoms with Gasteiger partial charge in [-0.2, -0.15) is 0 Å². The first kappa shape index (κ1) is 22.4. The molecule has 36 heavy (non-hydrogen) atoms. The molecule has 6 rings (SSSR count). The fourth-order valence-electron chi connectivity index (χ4n) is 5.34. The Morgan fingerprint density at radius 2 is 1.42 bits per heavy atom. The summed E-state index contributed by atoms with van der Waals surface area (Å²) in [6.45, 7) is 9.61. The van der Waals surface area contributed by atoms with Crippen LogP contribution in [0.15, 0.2) is 66.7 Å². The Labute approximate surface area is 211 Å². The highest BCUT2D eigenvalue weighted by atomic mass is 16.1. The first-order valence-corrected chi connectivity index (χ1v) is 12.5. The number of anilines is 2. The van der Waals surface area contributed by atoms with Crippen LogP contribution in [0.5, 0.6) is 0 Å². The topological polar surface area (TPSA) is 75.3 Å². The normalized spacial score (nSPS) is 15.2. The number of hydrogen-bond donors (Lipinski definition) is 1. The second-order valence-electron chi connectivity index (χ2n) is 9.55. The minimum Gasteiger partial charge on any atom is -0.369 e. The highest BCUT2D eigenvalue weighted by Gasteiger charge is 2.34. The van der Waals surface area contributed by atoms with Crippen LogP contribution in [-0.4, -0.2) is 53.4 Å². The van der Waals surface area contributed by atoms with Gasteiger partial charge in [0.2, 0.25) is 5.95 Å². The highest BCUT2D eigenvalue weighted by Crippen LogP contribution is 2.45. The van der Waals surface area contributed by atoms with Gasteiger partial charge in [-0.3, -0.25) is 4.79 Å². The number of fused-ring (bicyclic) bond motifs is 3. The number of carbonyl (C=O) groups excluding carboxylic acids is 1. The number of benzene rings is 3. The first-order chi connectivity index (χ1) is 17.5. The zero-order valence-electron chi connectivity index (χ0n) is 20.7. The zero-order valence-corrected chi connectivity index (χ0v) is 20.7. The maximum atomic E-state index is 13.6. The van der Waals surface area contributed by atoms with E-state index in [1.54, 1.807) is 0 Å². The molecular formula is C30H29N5O. The Morgan fingerprint density at radius 1 is 0.778 bits per heavy atom. The van der Waals surface area contributed by atoms with Crippen molar-refractivity contribution in [1.29, 1.82) is 0 Å². The Hall–Kier alpha value is -4.03. The van der Waals surface area contributed by atoms with Crippen molar-refractivity contribution in [2.75, 3.05) is 43.4 Å². The smallest absolute Gasteiger partial charge is 0.221 e. The molecule has 2 N–H and O–H groups in total. The predicted molar refractivity (Wildman–Crippen MR) is 145 cm³/mol. The summed E-state index contributed by atoms with van der Waals surface area (Å²) in [7, 11) is 0. The summed E-state index contributed by atoms with van der Waals surface area (Å²) in [5.41, 5.74) is 14.7. The molecule has 0 amide bonds. The number of piperazine rings is 1. The molecule has 6 nitrogen and oxygen atoms in total. The molecule has 1 aromatic heterocycles. The fourth-order valence-corrected chi connectivity index (χ4v) is 5.34. The summed E-state index contributed by atoms with van der Waals surface area (Å²) in [6, 6.07) is 22.5. The predicted octanol–water partition coefficient (Wildman–Crippen LogP) is 5.05. The maximum Gasteiger partial charge on any atom is 0.221 e. The van der Waals surface area contributed by atoms with Crippen LogP contribution in [-0.2, 0) is 0 Å². The van der Waals surface area contributed by atoms with Gasteiger partial charge >= 0.3 is 0 Å². The van der Waals surface area contributed by atoms with E-state index < -0.39 is 0 Å². The number of aryl methyl sites for hydroxylation is 1. The van der Waals surface area contributed by atoms with Gasteiger partial charge in [0, 0.05) is 48.6 Å². The summed E-state index contributed by atoms with van der Waals surface area (Å²) in [5, 5.41) is 0. The van der Waals surface area contributed by atoms with Crippen LogP contribution < -0.4 is 10.6 Å². The molecule has 0 atom stereocenters. The van der Waals surface area contributed by atoms with E-state index in [1.165, 1.54) is 5.69 Å². The van der Waals surface area contributed by atoms with Crippen LogP contribution in [0.25, 0.3) is 33.6 Å². The lowest BCUT2D eigenvalue weighted by atomic mass is 9.96. The lowest BCUT2D eigenvalue weighted by Gasteiger charge is -2.35. The van der Waals surface area contributed by atoms with Gasteiger partial charge in [-0.1, -0.05) is 67.1 Å². The van der Waals surface area contributed by atoms with Gasteiger partial charge in [-0.05, 0) is 36.7 Å². The van der Waals surface area contributed by atoms with E-state index in [-0.39, 0.29) is 11.7 Å². The lowest BCUT2D eigenvalue weighted by Crippen LogP contribution is -2.46. The van der Waals surface area contributed by atoms with Crippen LogP contribution in [0.4, 0.5) is 11.6 Å². The molecule has 3 aromatic carbocycles. The third-order valence-electron chi connectivity index (χ3n) is 7.39. The molecule has 2 aliphatic rings. The number of aromatic nitrogens is 2. The number of hydrogen-bond acceptors (Lipinski definition) is 6. The van der Waals surface area contributed by atoms with Crippen LogP contribution in [0.3, 0.4) is 0 Å². The van der Waals surface area contributed by atoms with Crippen molar-refractivity contribution in [2.45, 2.75) is 13.8 Å². The van der Waals surface area contributed by atoms with Crippen molar-refractivity contribution in [1.82, 2.24) is 14.9 Å². The number of carbonyl (C=O) groups is 1. The van der Waals surface area contributed by atoms with Crippen molar-refractivity contribution in [3.05, 3.63) is 83.4 Å². The zero-order chi connectivity index (χ0) is 24.8. The van der Waals surface area contributed by atoms with E-state index in [0.29, 0.717) is 22.5 Å². The third kappa shape index (κ3) is 3.74. The number of nitrogens with zero attached hydrogens (tertiary/aromatic N) is 4. The minimum absolute atomic E-state index is 0.0529. The molecular weight excluding hydrogens is 446 g/mol. The van der Waals surface area contributed by atoms with E-state index in [2.05, 4.69) is 57.0 Å². The second kappa shape index (κ2) is 8.88. The summed E-state index contributed by atoms with van der Waals surface area (Å²) in [5.74, 6) is 0.115. The number of ketones is 1. The molecule has 1 saturated heterocycles. The summed E-state index contributed by atoms with van der Waals surface area (Å²) < 4.78 is 0. The Balaban J connectivity index is 1.41. The molecule has 0 radical (unpaired) electrons. The van der Waals surface area contributed by atoms with Gasteiger partial charge in [-0.15, -0.1) is 0 Å². The van der Waals surface area contributed by atoms with E-state index in [4.69, 9.17) is 5.73 Å². The standard InChI is InChI=1S/C30H29N5O/c1-3-34-15-17-35(18-16-34)22-13-11-20(12-14-22)23-5-4-6-24-25(23)28-26(29(24)36)27(32-30(31)33-28)21-9-7-19(2)8-10-21/h4-14H,3,15-18H2,1-2H3,(H2,31,32,33). The van der Waals surface area contributed by atoms with E-state index in [1.807, 2.05) is 43.3 Å². The highest BCUT2D eigenvalue weighted by molar-refractivity contribution is 6.25. The van der Waals surface area contributed by atoms with E-state index in [0.717, 1.165) is 60.5 Å². The number of nitrogens with two attached hydrogens (primary N) is 1. The van der Waals surface area contributed by atoms with Crippen molar-refractivity contribution in [2.24, 2.45) is 0 Å². The summed E-state index contributed by atoms with van der Waals surface area (Å²) in [6.07, 6.45) is 0. The third-order valence-corrected chi connectivity index (χ3v) is 7.39. The summed E-state index contributed by atoms with van der Waals surface area (Å²) >= 11 is 0. The monoisotopic (exact) mass is 475 g/mol. The quantitative estimate of drug-likeness (QED) is 0.392. The van der Waals surface area contributed by atoms with Crippen molar-refractivity contribution in [3.8, 4) is 33.6 Å². The largest absolute Gasteiger partial charge is 0.369 e. The Morgan fingerprint density at radius 3 is 2.11 bits per heavy atom. The van der Waals surface area contributed by atoms with E-state index in [9.17, 15) is 4.79 Å². The van der Waals surface area contributed by atoms with Gasteiger partial charge in [-0.25, -0.2) is 9.97 Å². The second-order valence-corrected chi connectivity index (χ2v) is 9.55. The number of nitrogen functional groups attached to an aromatic ring is 1. The Kier molecular flexibility index (Phi) is 5.53. The molecule has 180 valence electrons. The number of likely N-dealkylation sites (N-methyl/N-ethyl adjacent to an activating group) is 1. The molecule has 4 aromatic rings. The molecule has 1 fully saturated rings. The molecule has 1 aliphatic carbocycles. The molecule has 0 spiro atoms. The molecule has 1 aliphatic heterocycles. The van der Waals surface area contributed by atoms with Crippen LogP contribution in [0.1, 0.15) is 28.4 Å². The van der Waals surface area contributed by atoms with Crippen molar-refractivity contribution in [3.63, 3.8) is 0 Å². The van der Waals surface area contributed by atoms with Crippen LogP contribution >= 0.6 is 0 Å². The first-order valence-electron chi connectivity index (χ1n) is 12.5. The average Bonchev–Trinajstić information content (AvgIpc) is 3.20. The number of rotatable bonds is 4.